The van der Waals surface area contributed by atoms with Crippen LogP contribution in [0.25, 0.3) is 5.57 Å². The van der Waals surface area contributed by atoms with Crippen molar-refractivity contribution in [2.45, 2.75) is 116 Å². The van der Waals surface area contributed by atoms with E-state index < -0.39 is 6.43 Å². The van der Waals surface area contributed by atoms with Gasteiger partial charge in [-0.3, -0.25) is 29.0 Å². The zero-order chi connectivity index (χ0) is 46.7. The summed E-state index contributed by atoms with van der Waals surface area (Å²) in [5.41, 5.74) is 6.94. The summed E-state index contributed by atoms with van der Waals surface area (Å²) in [6, 6.07) is 9.36. The molecule has 4 aliphatic rings. The van der Waals surface area contributed by atoms with Gasteiger partial charge in [0.25, 0.3) is 12.3 Å². The molecule has 1 fully saturated rings. The first kappa shape index (κ1) is 48.6. The fourth-order valence-electron chi connectivity index (χ4n) is 9.61. The lowest BCUT2D eigenvalue weighted by Gasteiger charge is -2.33. The molecule has 3 amide bonds. The lowest BCUT2D eigenvalue weighted by atomic mass is 9.92. The summed E-state index contributed by atoms with van der Waals surface area (Å²) in [6.07, 6.45) is 10.3. The molecule has 0 saturated carbocycles. The summed E-state index contributed by atoms with van der Waals surface area (Å²) in [4.78, 5) is 48.8. The Kier molecular flexibility index (Phi) is 16.9. The van der Waals surface area contributed by atoms with Gasteiger partial charge >= 0.3 is 0 Å². The van der Waals surface area contributed by atoms with Crippen LogP contribution in [0.15, 0.2) is 41.5 Å². The van der Waals surface area contributed by atoms with E-state index in [0.29, 0.717) is 71.9 Å². The topological polar surface area (TPSA) is 163 Å². The van der Waals surface area contributed by atoms with E-state index in [1.165, 1.54) is 0 Å². The van der Waals surface area contributed by atoms with Crippen molar-refractivity contribution in [2.24, 2.45) is 4.99 Å². The number of aryl methyl sites for hydroxylation is 2. The molecule has 1 unspecified atom stereocenters. The number of hydrogen-bond acceptors (Lipinski definition) is 11. The molecule has 0 radical (unpaired) electrons. The fourth-order valence-corrected chi connectivity index (χ4v) is 10.4. The maximum absolute atomic E-state index is 14.6. The Balaban J connectivity index is 0.842. The molecule has 1 aromatic heterocycles. The lowest BCUT2D eigenvalue weighted by Crippen LogP contribution is -2.42. The number of carbonyl (C=O) groups excluding carboxylic acids is 3. The number of benzene rings is 2. The molecule has 5 heterocycles. The van der Waals surface area contributed by atoms with Crippen molar-refractivity contribution >= 4 is 63.6 Å². The molecule has 0 bridgehead atoms. The number of nitrogens with zero attached hydrogens (tertiary/aromatic N) is 6. The number of allylic oxidation sites excluding steroid dienone is 1. The van der Waals surface area contributed by atoms with Crippen LogP contribution in [0.2, 0.25) is 0 Å². The van der Waals surface area contributed by atoms with Crippen molar-refractivity contribution in [3.05, 3.63) is 75.6 Å². The van der Waals surface area contributed by atoms with Gasteiger partial charge in [-0.2, -0.15) is 5.10 Å². The van der Waals surface area contributed by atoms with E-state index in [2.05, 4.69) is 47.7 Å². The molecule has 7 rings (SSSR count). The van der Waals surface area contributed by atoms with Gasteiger partial charge in [0.05, 0.1) is 25.7 Å². The normalized spacial score (nSPS) is 17.9. The predicted molar refractivity (Wildman–Crippen MR) is 261 cm³/mol. The van der Waals surface area contributed by atoms with Crippen molar-refractivity contribution < 1.29 is 23.2 Å². The van der Waals surface area contributed by atoms with Crippen molar-refractivity contribution in [2.75, 3.05) is 69.6 Å². The number of rotatable bonds is 19. The second kappa shape index (κ2) is 22.9. The Morgan fingerprint density at radius 1 is 0.970 bits per heavy atom. The standard InChI is InChI=1S/C49H67F2N11O3S/c1-32-24-37(13-14-39(32)48(65)57-49-56-28-33(2)66-49)54-18-9-7-5-6-8-10-19-55-45(64)31-59-21-15-38(16-22-59)62-43-17-23-60(34(3)63)30-42(43)47(58-62)61-20-11-12-35-25-40(36(27-52)29-53-4)41(46(50)51)26-44(35)61/h13-14,24-27,29,33,38,46,52-54H,5-12,15-23,28,30-31H2,1-4H3,(H,55,64)(H,56,57,65)/b36-29+,52-27?. The molecule has 5 N–H and O–H groups in total. The number of thioether (sulfide) groups is 1. The van der Waals surface area contributed by atoms with Gasteiger partial charge in [-0.15, -0.1) is 0 Å². The van der Waals surface area contributed by atoms with Gasteiger partial charge < -0.3 is 36.5 Å². The van der Waals surface area contributed by atoms with Crippen LogP contribution in [-0.2, 0) is 29.0 Å². The van der Waals surface area contributed by atoms with Gasteiger partial charge in [-0.05, 0) is 92.5 Å². The summed E-state index contributed by atoms with van der Waals surface area (Å²) in [5, 5.41) is 26.7. The van der Waals surface area contributed by atoms with Crippen LogP contribution >= 0.6 is 11.8 Å². The Morgan fingerprint density at radius 3 is 2.41 bits per heavy atom. The number of amidine groups is 1. The van der Waals surface area contributed by atoms with E-state index in [1.807, 2.05) is 30.0 Å². The summed E-state index contributed by atoms with van der Waals surface area (Å²) < 4.78 is 31.4. The molecule has 14 nitrogen and oxygen atoms in total. The fraction of sp³-hybridized carbons (Fsp3) is 0.551. The molecular weight excluding hydrogens is 861 g/mol. The summed E-state index contributed by atoms with van der Waals surface area (Å²) in [6.45, 7) is 11.4. The zero-order valence-corrected chi connectivity index (χ0v) is 39.8. The molecule has 356 valence electrons. The summed E-state index contributed by atoms with van der Waals surface area (Å²) >= 11 is 1.60. The number of hydrogen-bond donors (Lipinski definition) is 5. The predicted octanol–water partition coefficient (Wildman–Crippen LogP) is 7.75. The van der Waals surface area contributed by atoms with Crippen LogP contribution in [0.3, 0.4) is 0 Å². The molecule has 4 aliphatic heterocycles. The number of likely N-dealkylation sites (tertiary alicyclic amines) is 1. The van der Waals surface area contributed by atoms with Crippen molar-refractivity contribution in [1.29, 1.82) is 5.41 Å². The number of nitrogens with one attached hydrogen (secondary N) is 5. The number of aliphatic imine (C=N–C) groups is 1. The second-order valence-electron chi connectivity index (χ2n) is 18.0. The number of piperidine rings is 1. The van der Waals surface area contributed by atoms with Crippen LogP contribution < -0.4 is 26.2 Å². The molecule has 17 heteroatoms. The van der Waals surface area contributed by atoms with E-state index in [9.17, 15) is 23.2 Å². The van der Waals surface area contributed by atoms with Gasteiger partial charge in [0.2, 0.25) is 11.8 Å². The SMILES string of the molecule is CN/C=C(\C=N)c1cc2c(cc1C(F)F)N(c1nn(C3CCN(CC(=O)NCCCCCCCCNc4ccc(C(=O)NC5=NCC(C)S5)c(C)c4)CC3)c3c1CN(C(C)=O)CC3)CCC2. The number of aromatic nitrogens is 2. The van der Waals surface area contributed by atoms with Gasteiger partial charge in [0.1, 0.15) is 0 Å². The molecule has 66 heavy (non-hydrogen) atoms. The minimum absolute atomic E-state index is 0.00600. The number of amides is 3. The first-order chi connectivity index (χ1) is 31.9. The molecule has 1 saturated heterocycles. The number of anilines is 3. The number of alkyl halides is 2. The monoisotopic (exact) mass is 928 g/mol. The number of unbranched alkanes of at least 4 members (excludes halogenated alkanes) is 5. The van der Waals surface area contributed by atoms with Gasteiger partial charge in [0, 0.05) is 117 Å². The summed E-state index contributed by atoms with van der Waals surface area (Å²) in [5.74, 6) is 0.651. The lowest BCUT2D eigenvalue weighted by molar-refractivity contribution is -0.129. The van der Waals surface area contributed by atoms with Crippen LogP contribution in [-0.4, -0.2) is 113 Å². The largest absolute Gasteiger partial charge is 0.393 e. The first-order valence-corrected chi connectivity index (χ1v) is 24.6. The summed E-state index contributed by atoms with van der Waals surface area (Å²) in [7, 11) is 1.69. The third-order valence-corrected chi connectivity index (χ3v) is 14.2. The van der Waals surface area contributed by atoms with E-state index >= 15 is 0 Å². The molecule has 1 atom stereocenters. The third kappa shape index (κ3) is 12.0. The molecule has 0 aliphatic carbocycles. The van der Waals surface area contributed by atoms with E-state index in [1.54, 1.807) is 44.1 Å². The number of carbonyl (C=O) groups is 3. The van der Waals surface area contributed by atoms with E-state index in [0.717, 1.165) is 130 Å². The highest BCUT2D eigenvalue weighted by atomic mass is 32.2. The third-order valence-electron chi connectivity index (χ3n) is 13.2. The van der Waals surface area contributed by atoms with Gasteiger partial charge in [-0.25, -0.2) is 8.78 Å². The second-order valence-corrected chi connectivity index (χ2v) is 19.4. The smallest absolute Gasteiger partial charge is 0.264 e. The number of fused-ring (bicyclic) bond motifs is 2. The Hall–Kier alpha value is -5.29. The Labute approximate surface area is 392 Å². The van der Waals surface area contributed by atoms with Crippen molar-refractivity contribution in [3.63, 3.8) is 0 Å². The quantitative estimate of drug-likeness (QED) is 0.0598. The molecule has 3 aromatic rings. The van der Waals surface area contributed by atoms with Crippen molar-refractivity contribution in [3.8, 4) is 0 Å². The van der Waals surface area contributed by atoms with Crippen LogP contribution in [0.5, 0.6) is 0 Å². The minimum atomic E-state index is -2.73. The Bertz CT molecular complexity index is 2290. The highest BCUT2D eigenvalue weighted by Gasteiger charge is 2.35. The maximum Gasteiger partial charge on any atom is 0.264 e. The Morgan fingerprint density at radius 2 is 1.73 bits per heavy atom. The maximum atomic E-state index is 14.6. The molecular formula is C49H67F2N11O3S. The zero-order valence-electron chi connectivity index (χ0n) is 39.0. The van der Waals surface area contributed by atoms with Crippen LogP contribution in [0.1, 0.15) is 128 Å². The average molecular weight is 928 g/mol. The average Bonchev–Trinajstić information content (AvgIpc) is 3.90. The molecule has 0 spiro atoms. The molecule has 2 aromatic carbocycles. The van der Waals surface area contributed by atoms with Gasteiger partial charge in [0.15, 0.2) is 11.0 Å². The first-order valence-electron chi connectivity index (χ1n) is 23.8. The van der Waals surface area contributed by atoms with Crippen LogP contribution in [0, 0.1) is 12.3 Å². The number of halogens is 2. The highest BCUT2D eigenvalue weighted by Crippen LogP contribution is 2.43. The van der Waals surface area contributed by atoms with Gasteiger partial charge in [-0.1, -0.05) is 44.4 Å². The van der Waals surface area contributed by atoms with Crippen LogP contribution in [0.4, 0.5) is 26.0 Å². The van der Waals surface area contributed by atoms with E-state index in [-0.39, 0.29) is 29.3 Å². The highest BCUT2D eigenvalue weighted by molar-refractivity contribution is 8.14. The minimum Gasteiger partial charge on any atom is -0.393 e. The van der Waals surface area contributed by atoms with E-state index in [4.69, 9.17) is 10.5 Å². The van der Waals surface area contributed by atoms with Crippen molar-refractivity contribution in [1.82, 2.24) is 35.5 Å².